The molecule has 0 aliphatic carbocycles. The third kappa shape index (κ3) is 11.4. The van der Waals surface area contributed by atoms with E-state index in [0.717, 1.165) is 0 Å². The van der Waals surface area contributed by atoms with Crippen molar-refractivity contribution in [3.05, 3.63) is 0 Å². The number of carbonyl (C=O) groups excluding carboxylic acids is 3. The van der Waals surface area contributed by atoms with E-state index in [1.54, 1.807) is 0 Å². The first-order chi connectivity index (χ1) is 15.1. The summed E-state index contributed by atoms with van der Waals surface area (Å²) in [5.74, 6) is -9.57. The second kappa shape index (κ2) is 13.6. The zero-order valence-corrected chi connectivity index (χ0v) is 17.9. The van der Waals surface area contributed by atoms with E-state index in [-0.39, 0.29) is 0 Å². The fourth-order valence-electron chi connectivity index (χ4n) is 2.52. The van der Waals surface area contributed by atoms with Crippen molar-refractivity contribution < 1.29 is 54.0 Å². The average molecular weight is 476 g/mol. The molecule has 0 spiro atoms. The largest absolute Gasteiger partial charge is 0.481 e. The van der Waals surface area contributed by atoms with Gasteiger partial charge in [0.05, 0.1) is 18.9 Å². The van der Waals surface area contributed by atoms with Crippen LogP contribution in [0.1, 0.15) is 39.5 Å². The Labute approximate surface area is 187 Å². The second-order valence-corrected chi connectivity index (χ2v) is 7.43. The maximum absolute atomic E-state index is 12.6. The van der Waals surface area contributed by atoms with Crippen LogP contribution in [-0.4, -0.2) is 86.2 Å². The summed E-state index contributed by atoms with van der Waals surface area (Å²) in [4.78, 5) is 81.1. The van der Waals surface area contributed by atoms with Gasteiger partial charge in [0, 0.05) is 6.42 Å². The Morgan fingerprint density at radius 2 is 1.18 bits per heavy atom. The van der Waals surface area contributed by atoms with Crippen molar-refractivity contribution in [2.24, 2.45) is 11.7 Å². The number of amides is 3. The fourth-order valence-corrected chi connectivity index (χ4v) is 2.52. The Morgan fingerprint density at radius 1 is 0.697 bits per heavy atom. The molecule has 4 atom stereocenters. The van der Waals surface area contributed by atoms with Crippen molar-refractivity contribution in [1.82, 2.24) is 16.0 Å². The first kappa shape index (κ1) is 29.2. The Hall–Kier alpha value is -3.75. The van der Waals surface area contributed by atoms with Crippen LogP contribution < -0.4 is 21.7 Å². The molecule has 0 rings (SSSR count). The van der Waals surface area contributed by atoms with Crippen LogP contribution in [0.25, 0.3) is 0 Å². The monoisotopic (exact) mass is 476 g/mol. The van der Waals surface area contributed by atoms with Crippen molar-refractivity contribution in [2.75, 3.05) is 0 Å². The summed E-state index contributed by atoms with van der Waals surface area (Å²) in [6.07, 6.45) is -2.84. The third-order valence-electron chi connectivity index (χ3n) is 4.25. The molecule has 0 aromatic heterocycles. The quantitative estimate of drug-likeness (QED) is 0.120. The highest BCUT2D eigenvalue weighted by Gasteiger charge is 2.32. The molecule has 33 heavy (non-hydrogen) atoms. The van der Waals surface area contributed by atoms with Crippen molar-refractivity contribution in [1.29, 1.82) is 0 Å². The van der Waals surface area contributed by atoms with Crippen molar-refractivity contribution in [3.8, 4) is 0 Å². The van der Waals surface area contributed by atoms with Gasteiger partial charge >= 0.3 is 23.9 Å². The lowest BCUT2D eigenvalue weighted by Gasteiger charge is -2.25. The molecule has 0 saturated heterocycles. The number of aliphatic carboxylic acids is 4. The minimum absolute atomic E-state index is 0.469. The Kier molecular flexibility index (Phi) is 12.1. The SMILES string of the molecule is CC(C)C(NC(=O)C(CCC(=O)O)NC(=O)C(CC(=O)O)NC(=O)C(N)CC(=O)O)C(=O)O. The maximum Gasteiger partial charge on any atom is 0.326 e. The highest BCUT2D eigenvalue weighted by Crippen LogP contribution is 2.06. The summed E-state index contributed by atoms with van der Waals surface area (Å²) in [5.41, 5.74) is 5.38. The van der Waals surface area contributed by atoms with Crippen LogP contribution in [0.3, 0.4) is 0 Å². The third-order valence-corrected chi connectivity index (χ3v) is 4.25. The molecule has 0 aromatic rings. The number of rotatable bonds is 15. The van der Waals surface area contributed by atoms with Crippen LogP contribution >= 0.6 is 0 Å². The minimum Gasteiger partial charge on any atom is -0.481 e. The molecule has 9 N–H and O–H groups in total. The van der Waals surface area contributed by atoms with Crippen molar-refractivity contribution in [3.63, 3.8) is 0 Å². The van der Waals surface area contributed by atoms with Crippen LogP contribution in [0.15, 0.2) is 0 Å². The number of carboxylic acid groups (broad SMARTS) is 4. The van der Waals surface area contributed by atoms with Gasteiger partial charge < -0.3 is 42.1 Å². The number of hydrogen-bond donors (Lipinski definition) is 8. The summed E-state index contributed by atoms with van der Waals surface area (Å²) in [6, 6.07) is -6.31. The topological polar surface area (TPSA) is 263 Å². The molecule has 15 nitrogen and oxygen atoms in total. The minimum atomic E-state index is -1.78. The molecular weight excluding hydrogens is 448 g/mol. The molecule has 0 aromatic carbocycles. The smallest absolute Gasteiger partial charge is 0.326 e. The normalized spacial score (nSPS) is 14.3. The standard InChI is InChI=1S/C18H28N4O11/c1-7(2)14(18(32)33)22-16(30)9(3-4-11(23)24)20-17(31)10(6-13(27)28)21-15(29)8(19)5-12(25)26/h7-10,14H,3-6,19H2,1-2H3,(H,20,31)(H,21,29)(H,22,30)(H,23,24)(H,25,26)(H,27,28)(H,32,33). The van der Waals surface area contributed by atoms with Gasteiger partial charge in [-0.3, -0.25) is 28.8 Å². The van der Waals surface area contributed by atoms with Crippen LogP contribution in [0, 0.1) is 5.92 Å². The van der Waals surface area contributed by atoms with E-state index in [2.05, 4.69) is 10.6 Å². The Bertz CT molecular complexity index is 783. The van der Waals surface area contributed by atoms with Gasteiger partial charge in [-0.25, -0.2) is 4.79 Å². The number of nitrogens with two attached hydrogens (primary N) is 1. The average Bonchev–Trinajstić information content (AvgIpc) is 2.66. The van der Waals surface area contributed by atoms with E-state index in [1.807, 2.05) is 5.32 Å². The van der Waals surface area contributed by atoms with Gasteiger partial charge in [-0.2, -0.15) is 0 Å². The first-order valence-corrected chi connectivity index (χ1v) is 9.70. The molecular formula is C18H28N4O11. The van der Waals surface area contributed by atoms with Gasteiger partial charge in [0.25, 0.3) is 0 Å². The van der Waals surface area contributed by atoms with Gasteiger partial charge in [0.15, 0.2) is 0 Å². The predicted molar refractivity (Wildman–Crippen MR) is 108 cm³/mol. The number of nitrogens with one attached hydrogen (secondary N) is 3. The van der Waals surface area contributed by atoms with E-state index < -0.39 is 97.4 Å². The van der Waals surface area contributed by atoms with Crippen LogP contribution in [-0.2, 0) is 33.6 Å². The van der Waals surface area contributed by atoms with Gasteiger partial charge in [-0.1, -0.05) is 13.8 Å². The lowest BCUT2D eigenvalue weighted by molar-refractivity contribution is -0.144. The van der Waals surface area contributed by atoms with Crippen LogP contribution in [0.5, 0.6) is 0 Å². The van der Waals surface area contributed by atoms with Crippen LogP contribution in [0.4, 0.5) is 0 Å². The van der Waals surface area contributed by atoms with Gasteiger partial charge in [0.1, 0.15) is 18.1 Å². The van der Waals surface area contributed by atoms with Gasteiger partial charge in [-0.15, -0.1) is 0 Å². The highest BCUT2D eigenvalue weighted by atomic mass is 16.4. The molecule has 0 aliphatic heterocycles. The molecule has 0 aliphatic rings. The number of hydrogen-bond acceptors (Lipinski definition) is 8. The molecule has 0 saturated carbocycles. The second-order valence-electron chi connectivity index (χ2n) is 7.43. The highest BCUT2D eigenvalue weighted by molar-refractivity contribution is 5.96. The lowest BCUT2D eigenvalue weighted by Crippen LogP contribution is -2.58. The van der Waals surface area contributed by atoms with E-state index in [0.29, 0.717) is 0 Å². The molecule has 0 heterocycles. The zero-order chi connectivity index (χ0) is 25.9. The van der Waals surface area contributed by atoms with Crippen molar-refractivity contribution >= 4 is 41.6 Å². The fraction of sp³-hybridized carbons (Fsp3) is 0.611. The molecule has 15 heteroatoms. The Morgan fingerprint density at radius 3 is 1.61 bits per heavy atom. The maximum atomic E-state index is 12.6. The predicted octanol–water partition coefficient (Wildman–Crippen LogP) is -2.68. The van der Waals surface area contributed by atoms with E-state index >= 15 is 0 Å². The summed E-state index contributed by atoms with van der Waals surface area (Å²) >= 11 is 0. The Balaban J connectivity index is 5.60. The van der Waals surface area contributed by atoms with Crippen LogP contribution in [0.2, 0.25) is 0 Å². The summed E-state index contributed by atoms with van der Waals surface area (Å²) in [7, 11) is 0. The molecule has 0 bridgehead atoms. The zero-order valence-electron chi connectivity index (χ0n) is 17.9. The van der Waals surface area contributed by atoms with Crippen molar-refractivity contribution in [2.45, 2.75) is 63.7 Å². The lowest BCUT2D eigenvalue weighted by atomic mass is 10.0. The number of carbonyl (C=O) groups is 7. The summed E-state index contributed by atoms with van der Waals surface area (Å²) < 4.78 is 0. The van der Waals surface area contributed by atoms with Gasteiger partial charge in [0.2, 0.25) is 17.7 Å². The van der Waals surface area contributed by atoms with E-state index in [1.165, 1.54) is 13.8 Å². The number of carboxylic acids is 4. The summed E-state index contributed by atoms with van der Waals surface area (Å²) in [6.45, 7) is 3.01. The first-order valence-electron chi connectivity index (χ1n) is 9.70. The van der Waals surface area contributed by atoms with E-state index in [4.69, 9.17) is 21.1 Å². The molecule has 4 unspecified atom stereocenters. The van der Waals surface area contributed by atoms with E-state index in [9.17, 15) is 38.7 Å². The van der Waals surface area contributed by atoms with Gasteiger partial charge in [-0.05, 0) is 12.3 Å². The molecule has 3 amide bonds. The summed E-state index contributed by atoms with van der Waals surface area (Å²) in [5, 5.41) is 42.0. The molecule has 0 fully saturated rings. The molecule has 0 radical (unpaired) electrons. The molecule has 186 valence electrons.